The van der Waals surface area contributed by atoms with Crippen LogP contribution in [0.4, 0.5) is 0 Å². The number of imidazole rings is 1. The summed E-state index contributed by atoms with van der Waals surface area (Å²) in [7, 11) is 0. The Morgan fingerprint density at radius 1 is 1.14 bits per heavy atom. The van der Waals surface area contributed by atoms with E-state index in [2.05, 4.69) is 25.9 Å². The van der Waals surface area contributed by atoms with Crippen LogP contribution < -0.4 is 21.7 Å². The van der Waals surface area contributed by atoms with Gasteiger partial charge in [0.05, 0.1) is 12.4 Å². The van der Waals surface area contributed by atoms with E-state index >= 15 is 0 Å². The maximum atomic E-state index is 13.2. The lowest BCUT2D eigenvalue weighted by atomic mass is 10.0. The number of aromatic amines is 1. The minimum absolute atomic E-state index is 0.0608. The topological polar surface area (TPSA) is 200 Å². The zero-order valence-electron chi connectivity index (χ0n) is 21.1. The van der Waals surface area contributed by atoms with Crippen molar-refractivity contribution < 1.29 is 29.1 Å². The Bertz CT molecular complexity index is 933. The molecule has 0 saturated carbocycles. The van der Waals surface area contributed by atoms with Crippen molar-refractivity contribution in [1.82, 2.24) is 30.8 Å². The van der Waals surface area contributed by atoms with Crippen LogP contribution in [0.3, 0.4) is 0 Å². The summed E-state index contributed by atoms with van der Waals surface area (Å²) >= 11 is 0. The number of carboxylic acids is 1. The number of aliphatic carboxylic acids is 1. The van der Waals surface area contributed by atoms with Gasteiger partial charge < -0.3 is 36.7 Å². The van der Waals surface area contributed by atoms with Gasteiger partial charge >= 0.3 is 5.97 Å². The van der Waals surface area contributed by atoms with Crippen LogP contribution in [0.2, 0.25) is 0 Å². The number of hydrogen-bond donors (Lipinski definition) is 6. The minimum atomic E-state index is -1.21. The molecule has 1 aliphatic heterocycles. The number of amides is 4. The summed E-state index contributed by atoms with van der Waals surface area (Å²) in [5.74, 6) is -3.75. The largest absolute Gasteiger partial charge is 0.480 e. The fourth-order valence-electron chi connectivity index (χ4n) is 3.93. The SMILES string of the molecule is CC(C)[C@H](N)C(=O)N1CCC[C@H]1C(=O)N[C@@H](Cc1cnc[nH]1)C(=O)N[C@H](C(=O)NCC(=O)O)C(C)C. The molecule has 2 rings (SSSR count). The number of carbonyl (C=O) groups is 5. The first-order valence-electron chi connectivity index (χ1n) is 12.1. The molecular weight excluding hydrogens is 470 g/mol. The Morgan fingerprint density at radius 3 is 2.39 bits per heavy atom. The van der Waals surface area contributed by atoms with Crippen LogP contribution in [0.25, 0.3) is 0 Å². The molecule has 4 amide bonds. The maximum Gasteiger partial charge on any atom is 0.322 e. The fraction of sp³-hybridized carbons (Fsp3) is 0.652. The van der Waals surface area contributed by atoms with Crippen LogP contribution in [-0.4, -0.2) is 86.8 Å². The summed E-state index contributed by atoms with van der Waals surface area (Å²) < 4.78 is 0. The number of rotatable bonds is 12. The smallest absolute Gasteiger partial charge is 0.322 e. The summed E-state index contributed by atoms with van der Waals surface area (Å²) in [6.07, 6.45) is 4.08. The van der Waals surface area contributed by atoms with E-state index in [1.54, 1.807) is 13.8 Å². The molecule has 2 heterocycles. The monoisotopic (exact) mass is 507 g/mol. The second-order valence-corrected chi connectivity index (χ2v) is 9.64. The van der Waals surface area contributed by atoms with E-state index in [1.165, 1.54) is 17.4 Å². The lowest BCUT2D eigenvalue weighted by molar-refractivity contribution is -0.141. The molecule has 36 heavy (non-hydrogen) atoms. The van der Waals surface area contributed by atoms with Gasteiger partial charge in [-0.15, -0.1) is 0 Å². The van der Waals surface area contributed by atoms with Crippen molar-refractivity contribution in [3.63, 3.8) is 0 Å². The number of carbonyl (C=O) groups excluding carboxylic acids is 4. The van der Waals surface area contributed by atoms with Crippen molar-refractivity contribution in [2.45, 2.75) is 71.1 Å². The normalized spacial score (nSPS) is 18.0. The standard InChI is InChI=1S/C23H37N7O6/c1-12(2)18(24)23(36)30-7-5-6-16(30)21(34)28-15(8-14-9-25-11-27-14)20(33)29-19(13(3)4)22(35)26-10-17(31)32/h9,11-13,15-16,18-19H,5-8,10,24H2,1-4H3,(H,25,27)(H,26,35)(H,28,34)(H,29,33)(H,31,32)/t15-,16-,18-,19-/m0/s1. The highest BCUT2D eigenvalue weighted by Crippen LogP contribution is 2.20. The fourth-order valence-corrected chi connectivity index (χ4v) is 3.93. The molecule has 7 N–H and O–H groups in total. The molecule has 13 heteroatoms. The second kappa shape index (κ2) is 13.0. The van der Waals surface area contributed by atoms with E-state index in [0.717, 1.165) is 0 Å². The first-order valence-corrected chi connectivity index (χ1v) is 12.1. The molecule has 1 fully saturated rings. The number of nitrogens with one attached hydrogen (secondary N) is 4. The van der Waals surface area contributed by atoms with Crippen LogP contribution in [0.1, 0.15) is 46.2 Å². The van der Waals surface area contributed by atoms with Crippen LogP contribution >= 0.6 is 0 Å². The zero-order valence-corrected chi connectivity index (χ0v) is 21.1. The van der Waals surface area contributed by atoms with E-state index in [-0.39, 0.29) is 24.2 Å². The number of H-pyrrole nitrogens is 1. The van der Waals surface area contributed by atoms with Gasteiger partial charge in [-0.3, -0.25) is 24.0 Å². The Hall–Kier alpha value is -3.48. The van der Waals surface area contributed by atoms with Crippen molar-refractivity contribution >= 4 is 29.6 Å². The number of carboxylic acid groups (broad SMARTS) is 1. The molecule has 0 spiro atoms. The van der Waals surface area contributed by atoms with Gasteiger partial charge in [0.2, 0.25) is 23.6 Å². The average molecular weight is 508 g/mol. The first-order chi connectivity index (χ1) is 16.9. The Morgan fingerprint density at radius 2 is 1.83 bits per heavy atom. The Balaban J connectivity index is 2.18. The summed E-state index contributed by atoms with van der Waals surface area (Å²) in [6.45, 7) is 6.87. The predicted molar refractivity (Wildman–Crippen MR) is 129 cm³/mol. The molecular formula is C23H37N7O6. The van der Waals surface area contributed by atoms with Gasteiger partial charge in [-0.25, -0.2) is 4.98 Å². The van der Waals surface area contributed by atoms with E-state index in [1.807, 2.05) is 13.8 Å². The molecule has 1 aromatic rings. The van der Waals surface area contributed by atoms with E-state index in [9.17, 15) is 24.0 Å². The number of nitrogens with two attached hydrogens (primary N) is 1. The van der Waals surface area contributed by atoms with Gasteiger partial charge in [-0.2, -0.15) is 0 Å². The molecule has 0 radical (unpaired) electrons. The average Bonchev–Trinajstić information content (AvgIpc) is 3.51. The van der Waals surface area contributed by atoms with E-state index in [0.29, 0.717) is 25.1 Å². The lowest BCUT2D eigenvalue weighted by Gasteiger charge is -2.30. The van der Waals surface area contributed by atoms with E-state index in [4.69, 9.17) is 10.8 Å². The highest BCUT2D eigenvalue weighted by molar-refractivity contribution is 5.95. The highest BCUT2D eigenvalue weighted by atomic mass is 16.4. The third-order valence-corrected chi connectivity index (χ3v) is 6.11. The van der Waals surface area contributed by atoms with Gasteiger partial charge in [0.1, 0.15) is 24.7 Å². The molecule has 0 unspecified atom stereocenters. The lowest BCUT2D eigenvalue weighted by Crippen LogP contribution is -2.59. The molecule has 1 aliphatic rings. The molecule has 1 aromatic heterocycles. The van der Waals surface area contributed by atoms with Crippen molar-refractivity contribution in [3.8, 4) is 0 Å². The minimum Gasteiger partial charge on any atom is -0.480 e. The second-order valence-electron chi connectivity index (χ2n) is 9.64. The van der Waals surface area contributed by atoms with Crippen LogP contribution in [0.15, 0.2) is 12.5 Å². The third kappa shape index (κ3) is 7.77. The van der Waals surface area contributed by atoms with E-state index < -0.39 is 54.4 Å². The van der Waals surface area contributed by atoms with Gasteiger partial charge in [0, 0.05) is 24.9 Å². The summed E-state index contributed by atoms with van der Waals surface area (Å²) in [5, 5.41) is 16.4. The molecule has 0 aromatic carbocycles. The molecule has 0 aliphatic carbocycles. The maximum absolute atomic E-state index is 13.2. The number of nitrogens with zero attached hydrogens (tertiary/aromatic N) is 2. The molecule has 13 nitrogen and oxygen atoms in total. The summed E-state index contributed by atoms with van der Waals surface area (Å²) in [6, 6.07) is -3.60. The van der Waals surface area contributed by atoms with Crippen molar-refractivity contribution in [2.24, 2.45) is 17.6 Å². The van der Waals surface area contributed by atoms with Crippen LogP contribution in [0, 0.1) is 11.8 Å². The first kappa shape index (κ1) is 28.8. The molecule has 0 bridgehead atoms. The van der Waals surface area contributed by atoms with Crippen molar-refractivity contribution in [2.75, 3.05) is 13.1 Å². The number of hydrogen-bond acceptors (Lipinski definition) is 7. The Kier molecular flexibility index (Phi) is 10.4. The van der Waals surface area contributed by atoms with Gasteiger partial charge in [-0.05, 0) is 24.7 Å². The van der Waals surface area contributed by atoms with Crippen LogP contribution in [-0.2, 0) is 30.4 Å². The van der Waals surface area contributed by atoms with Crippen molar-refractivity contribution in [3.05, 3.63) is 18.2 Å². The van der Waals surface area contributed by atoms with Crippen molar-refractivity contribution in [1.29, 1.82) is 0 Å². The van der Waals surface area contributed by atoms with Gasteiger partial charge in [0.25, 0.3) is 0 Å². The van der Waals surface area contributed by atoms with Gasteiger partial charge in [-0.1, -0.05) is 27.7 Å². The third-order valence-electron chi connectivity index (χ3n) is 6.11. The van der Waals surface area contributed by atoms with Gasteiger partial charge in [0.15, 0.2) is 0 Å². The number of likely N-dealkylation sites (tertiary alicyclic amines) is 1. The quantitative estimate of drug-likeness (QED) is 0.201. The summed E-state index contributed by atoms with van der Waals surface area (Å²) in [5.41, 5.74) is 6.60. The molecule has 200 valence electrons. The predicted octanol–water partition coefficient (Wildman–Crippen LogP) is -1.25. The van der Waals surface area contributed by atoms with Crippen LogP contribution in [0.5, 0.6) is 0 Å². The number of aromatic nitrogens is 2. The molecule has 4 atom stereocenters. The summed E-state index contributed by atoms with van der Waals surface area (Å²) in [4.78, 5) is 70.9. The highest BCUT2D eigenvalue weighted by Gasteiger charge is 2.38. The molecule has 1 saturated heterocycles. The zero-order chi connectivity index (χ0) is 27.0. The Labute approximate surface area is 210 Å².